The van der Waals surface area contributed by atoms with Crippen LogP contribution in [0.5, 0.6) is 11.5 Å². The molecule has 0 amide bonds. The van der Waals surface area contributed by atoms with E-state index in [0.29, 0.717) is 0 Å². The minimum atomic E-state index is -0.0193. The predicted molar refractivity (Wildman–Crippen MR) is 204 cm³/mol. The molecular weight excluding hydrogens is 601 g/mol. The molecule has 0 aliphatic carbocycles. The fourth-order valence-corrected chi connectivity index (χ4v) is 7.57. The lowest BCUT2D eigenvalue weighted by Gasteiger charge is -2.31. The van der Waals surface area contributed by atoms with Crippen molar-refractivity contribution in [3.05, 3.63) is 133 Å². The number of imidazole rings is 1. The van der Waals surface area contributed by atoms with E-state index in [2.05, 4.69) is 148 Å². The Morgan fingerprint density at radius 3 is 1.92 bits per heavy atom. The zero-order chi connectivity index (χ0) is 33.7. The van der Waals surface area contributed by atoms with Crippen molar-refractivity contribution in [3.8, 4) is 17.3 Å². The first-order valence-corrected chi connectivity index (χ1v) is 17.0. The summed E-state index contributed by atoms with van der Waals surface area (Å²) in [4.78, 5) is 9.91. The maximum atomic E-state index is 6.69. The van der Waals surface area contributed by atoms with Crippen LogP contribution >= 0.6 is 0 Å². The quantitative estimate of drug-likeness (QED) is 0.181. The van der Waals surface area contributed by atoms with E-state index in [9.17, 15) is 0 Å². The molecule has 9 rings (SSSR count). The van der Waals surface area contributed by atoms with Gasteiger partial charge in [-0.25, -0.2) is 9.97 Å². The Kier molecular flexibility index (Phi) is 6.26. The van der Waals surface area contributed by atoms with Gasteiger partial charge in [-0.3, -0.25) is 8.97 Å². The van der Waals surface area contributed by atoms with Gasteiger partial charge in [0.05, 0.1) is 27.6 Å². The summed E-state index contributed by atoms with van der Waals surface area (Å²) >= 11 is 0. The van der Waals surface area contributed by atoms with Crippen molar-refractivity contribution in [2.45, 2.75) is 52.4 Å². The van der Waals surface area contributed by atoms with Gasteiger partial charge in [0.2, 0.25) is 0 Å². The van der Waals surface area contributed by atoms with Crippen molar-refractivity contribution in [1.82, 2.24) is 18.9 Å². The van der Waals surface area contributed by atoms with Crippen molar-refractivity contribution in [2.24, 2.45) is 0 Å². The molecule has 0 aliphatic rings. The first kappa shape index (κ1) is 29.5. The van der Waals surface area contributed by atoms with Crippen molar-refractivity contribution in [3.63, 3.8) is 0 Å². The van der Waals surface area contributed by atoms with Gasteiger partial charge in [0, 0.05) is 33.8 Å². The normalized spacial score (nSPS) is 12.7. The van der Waals surface area contributed by atoms with Gasteiger partial charge >= 0.3 is 0 Å². The highest BCUT2D eigenvalue weighted by Gasteiger charge is 2.27. The summed E-state index contributed by atoms with van der Waals surface area (Å²) in [5.41, 5.74) is 9.06. The molecule has 0 saturated heterocycles. The van der Waals surface area contributed by atoms with E-state index < -0.39 is 0 Å². The van der Waals surface area contributed by atoms with Crippen LogP contribution in [-0.4, -0.2) is 18.9 Å². The fraction of sp³-hybridized carbons (Fsp3) is 0.182. The summed E-state index contributed by atoms with van der Waals surface area (Å²) < 4.78 is 11.2. The summed E-state index contributed by atoms with van der Waals surface area (Å²) in [6.07, 6.45) is 1.84. The average molecular weight is 639 g/mol. The van der Waals surface area contributed by atoms with Crippen LogP contribution in [0.1, 0.15) is 52.7 Å². The number of hydrogen-bond acceptors (Lipinski definition) is 3. The van der Waals surface area contributed by atoms with Gasteiger partial charge in [0.15, 0.2) is 0 Å². The minimum absolute atomic E-state index is 0.0183. The Morgan fingerprint density at radius 1 is 0.510 bits per heavy atom. The number of rotatable bonds is 3. The Labute approximate surface area is 285 Å². The van der Waals surface area contributed by atoms with E-state index in [1.54, 1.807) is 0 Å². The van der Waals surface area contributed by atoms with Gasteiger partial charge in [-0.15, -0.1) is 0 Å². The van der Waals surface area contributed by atoms with E-state index in [4.69, 9.17) is 14.7 Å². The number of para-hydroxylation sites is 3. The monoisotopic (exact) mass is 638 g/mol. The highest BCUT2D eigenvalue weighted by atomic mass is 16.5. The van der Waals surface area contributed by atoms with Crippen molar-refractivity contribution in [2.75, 3.05) is 0 Å². The lowest BCUT2D eigenvalue weighted by atomic mass is 9.74. The lowest BCUT2D eigenvalue weighted by molar-refractivity contribution is 0.484. The number of pyridine rings is 2. The fourth-order valence-electron chi connectivity index (χ4n) is 7.57. The maximum absolute atomic E-state index is 6.69. The second-order valence-corrected chi connectivity index (χ2v) is 15.2. The highest BCUT2D eigenvalue weighted by molar-refractivity contribution is 6.14. The summed E-state index contributed by atoms with van der Waals surface area (Å²) in [6, 6.07) is 40.6. The van der Waals surface area contributed by atoms with Crippen LogP contribution in [0.25, 0.3) is 66.0 Å². The molecule has 0 spiro atoms. The molecule has 4 aromatic heterocycles. The zero-order valence-electron chi connectivity index (χ0n) is 28.7. The van der Waals surface area contributed by atoms with Gasteiger partial charge in [-0.05, 0) is 100 Å². The summed E-state index contributed by atoms with van der Waals surface area (Å²) in [5.74, 6) is 2.41. The van der Waals surface area contributed by atoms with Crippen molar-refractivity contribution < 1.29 is 4.74 Å². The summed E-state index contributed by atoms with van der Waals surface area (Å²) in [5, 5.41) is 5.80. The molecule has 240 valence electrons. The van der Waals surface area contributed by atoms with Crippen LogP contribution in [0, 0.1) is 0 Å². The molecule has 0 N–H and O–H groups in total. The highest BCUT2D eigenvalue weighted by Crippen LogP contribution is 2.42. The third kappa shape index (κ3) is 4.60. The molecule has 0 unspecified atom stereocenters. The predicted octanol–water partition coefficient (Wildman–Crippen LogP) is 11.7. The van der Waals surface area contributed by atoms with E-state index in [-0.39, 0.29) is 10.8 Å². The minimum Gasteiger partial charge on any atom is -0.457 e. The number of benzene rings is 5. The van der Waals surface area contributed by atoms with Crippen LogP contribution in [-0.2, 0) is 10.8 Å². The SMILES string of the molecule is CC(C)(C)c1cc2c3ccc(Oc4ccc5c6ccccc6n(-c6ccccn6)c5c4)cc3c3nc4ccccc4n3c2cc1C(C)(C)C. The lowest BCUT2D eigenvalue weighted by Crippen LogP contribution is -2.22. The first-order valence-electron chi connectivity index (χ1n) is 17.0. The smallest absolute Gasteiger partial charge is 0.146 e. The number of fused-ring (bicyclic) bond motifs is 11. The van der Waals surface area contributed by atoms with Gasteiger partial charge < -0.3 is 4.74 Å². The maximum Gasteiger partial charge on any atom is 0.146 e. The standard InChI is InChI=1S/C44H38N4O/c1-43(2,3)34-25-32-29-20-18-27(23-33(29)42-46-36-14-8-10-16-38(36)48(42)40(32)26-35(34)44(4,5)6)49-28-19-21-31-30-13-7-9-15-37(30)47(39(31)24-28)41-17-11-12-22-45-41/h7-26H,1-6H3. The van der Waals surface area contributed by atoms with Crippen LogP contribution in [0.2, 0.25) is 0 Å². The molecule has 0 fully saturated rings. The Hall–Kier alpha value is -5.68. The second kappa shape index (κ2) is 10.4. The number of aromatic nitrogens is 4. The van der Waals surface area contributed by atoms with Crippen molar-refractivity contribution >= 4 is 60.2 Å². The summed E-state index contributed by atoms with van der Waals surface area (Å²) in [7, 11) is 0. The molecule has 49 heavy (non-hydrogen) atoms. The molecular formula is C44H38N4O. The molecule has 0 atom stereocenters. The molecule has 0 radical (unpaired) electrons. The van der Waals surface area contributed by atoms with E-state index in [0.717, 1.165) is 55.8 Å². The molecule has 0 saturated carbocycles. The molecule has 9 aromatic rings. The molecule has 0 aliphatic heterocycles. The van der Waals surface area contributed by atoms with Gasteiger partial charge in [0.1, 0.15) is 23.0 Å². The summed E-state index contributed by atoms with van der Waals surface area (Å²) in [6.45, 7) is 13.9. The van der Waals surface area contributed by atoms with Crippen molar-refractivity contribution in [1.29, 1.82) is 0 Å². The molecule has 0 bridgehead atoms. The third-order valence-electron chi connectivity index (χ3n) is 9.83. The molecule has 5 nitrogen and oxygen atoms in total. The van der Waals surface area contributed by atoms with E-state index in [1.807, 2.05) is 24.4 Å². The Balaban J connectivity index is 1.27. The number of ether oxygens (including phenoxy) is 1. The topological polar surface area (TPSA) is 44.3 Å². The van der Waals surface area contributed by atoms with Crippen LogP contribution in [0.15, 0.2) is 121 Å². The average Bonchev–Trinajstić information content (AvgIpc) is 3.64. The Bertz CT molecular complexity index is 2760. The molecule has 4 heterocycles. The number of hydrogen-bond donors (Lipinski definition) is 0. The van der Waals surface area contributed by atoms with Gasteiger partial charge in [-0.1, -0.05) is 77.9 Å². The zero-order valence-corrected chi connectivity index (χ0v) is 28.7. The van der Waals surface area contributed by atoms with Crippen LogP contribution < -0.4 is 4.74 Å². The largest absolute Gasteiger partial charge is 0.457 e. The van der Waals surface area contributed by atoms with E-state index >= 15 is 0 Å². The third-order valence-corrected chi connectivity index (χ3v) is 9.83. The Morgan fingerprint density at radius 2 is 1.16 bits per heavy atom. The van der Waals surface area contributed by atoms with Crippen LogP contribution in [0.3, 0.4) is 0 Å². The van der Waals surface area contributed by atoms with E-state index in [1.165, 1.54) is 32.8 Å². The first-order chi connectivity index (χ1) is 23.6. The number of nitrogens with zero attached hydrogens (tertiary/aromatic N) is 4. The second-order valence-electron chi connectivity index (χ2n) is 15.2. The molecule has 5 heteroatoms. The molecule has 5 aromatic carbocycles. The van der Waals surface area contributed by atoms with Gasteiger partial charge in [0.25, 0.3) is 0 Å². The van der Waals surface area contributed by atoms with Crippen LogP contribution in [0.4, 0.5) is 0 Å². The van der Waals surface area contributed by atoms with Gasteiger partial charge in [-0.2, -0.15) is 0 Å².